The molecule has 1 atom stereocenters. The second-order valence-corrected chi connectivity index (χ2v) is 10.3. The molecule has 0 aliphatic carbocycles. The van der Waals surface area contributed by atoms with Gasteiger partial charge in [-0.15, -0.1) is 0 Å². The monoisotopic (exact) mass is 505 g/mol. The lowest BCUT2D eigenvalue weighted by Gasteiger charge is -2.16. The maximum atomic E-state index is 12.8. The number of ether oxygens (including phenoxy) is 1. The zero-order valence-electron chi connectivity index (χ0n) is 20.3. The Bertz CT molecular complexity index is 1560. The molecule has 1 aromatic heterocycles. The molecule has 0 saturated heterocycles. The number of aryl methyl sites for hydroxylation is 2. The predicted octanol–water partition coefficient (Wildman–Crippen LogP) is 4.66. The molecular weight excluding hydrogens is 478 g/mol. The van der Waals surface area contributed by atoms with Gasteiger partial charge in [-0.25, -0.2) is 18.0 Å². The summed E-state index contributed by atoms with van der Waals surface area (Å²) in [5, 5.41) is 0.729. The van der Waals surface area contributed by atoms with Gasteiger partial charge in [0.1, 0.15) is 17.4 Å². The van der Waals surface area contributed by atoms with Crippen molar-refractivity contribution < 1.29 is 22.4 Å². The Balaban J connectivity index is 1.54. The van der Waals surface area contributed by atoms with E-state index in [-0.39, 0.29) is 22.6 Å². The molecule has 36 heavy (non-hydrogen) atoms. The number of nitrogens with one attached hydrogen (secondary N) is 1. The molecule has 0 radical (unpaired) electrons. The Hall–Kier alpha value is -3.75. The van der Waals surface area contributed by atoms with Crippen LogP contribution < -0.4 is 15.1 Å². The summed E-state index contributed by atoms with van der Waals surface area (Å²) >= 11 is 0. The summed E-state index contributed by atoms with van der Waals surface area (Å²) in [4.78, 5) is 25.6. The number of rotatable bonds is 8. The SMILES string of the molecule is CC[C@H](NS(=O)(=O)c1ccc(C)cc1)C(=O)Oc1ccc2c(C)c(Cc3ccccc3)c(=O)oc2c1. The lowest BCUT2D eigenvalue weighted by molar-refractivity contribution is -0.136. The summed E-state index contributed by atoms with van der Waals surface area (Å²) in [6.45, 7) is 5.39. The molecule has 0 aliphatic rings. The molecule has 0 spiro atoms. The molecule has 0 aliphatic heterocycles. The molecular formula is C28H27NO6S. The molecule has 0 amide bonds. The van der Waals surface area contributed by atoms with Crippen LogP contribution >= 0.6 is 0 Å². The summed E-state index contributed by atoms with van der Waals surface area (Å²) in [5.74, 6) is -0.605. The molecule has 4 aromatic rings. The Labute approximate surface area is 209 Å². The zero-order valence-corrected chi connectivity index (χ0v) is 21.1. The molecule has 186 valence electrons. The van der Waals surface area contributed by atoms with Crippen LogP contribution in [0.15, 0.2) is 86.9 Å². The van der Waals surface area contributed by atoms with Crippen LogP contribution in [0.25, 0.3) is 11.0 Å². The second-order valence-electron chi connectivity index (χ2n) is 8.63. The highest BCUT2D eigenvalue weighted by molar-refractivity contribution is 7.89. The van der Waals surface area contributed by atoms with E-state index >= 15 is 0 Å². The van der Waals surface area contributed by atoms with Crippen LogP contribution in [0.1, 0.15) is 35.6 Å². The molecule has 0 fully saturated rings. The minimum atomic E-state index is -3.91. The third-order valence-corrected chi connectivity index (χ3v) is 7.51. The molecule has 4 rings (SSSR count). The van der Waals surface area contributed by atoms with Crippen LogP contribution in [0.2, 0.25) is 0 Å². The Morgan fingerprint density at radius 2 is 1.69 bits per heavy atom. The molecule has 8 heteroatoms. The van der Waals surface area contributed by atoms with Crippen molar-refractivity contribution in [2.24, 2.45) is 0 Å². The Morgan fingerprint density at radius 1 is 1.00 bits per heavy atom. The van der Waals surface area contributed by atoms with Gasteiger partial charge in [0.25, 0.3) is 0 Å². The van der Waals surface area contributed by atoms with Crippen molar-refractivity contribution in [3.63, 3.8) is 0 Å². The van der Waals surface area contributed by atoms with Gasteiger partial charge >= 0.3 is 11.6 Å². The molecule has 7 nitrogen and oxygen atoms in total. The van der Waals surface area contributed by atoms with Gasteiger partial charge in [-0.2, -0.15) is 4.72 Å². The summed E-state index contributed by atoms with van der Waals surface area (Å²) < 4.78 is 38.8. The van der Waals surface area contributed by atoms with Gasteiger partial charge in [-0.1, -0.05) is 55.0 Å². The molecule has 1 heterocycles. The molecule has 0 saturated carbocycles. The van der Waals surface area contributed by atoms with Gasteiger partial charge in [-0.3, -0.25) is 0 Å². The third kappa shape index (κ3) is 5.56. The minimum absolute atomic E-state index is 0.0635. The number of sulfonamides is 1. The normalized spacial score (nSPS) is 12.4. The average Bonchev–Trinajstić information content (AvgIpc) is 2.86. The largest absolute Gasteiger partial charge is 0.425 e. The molecule has 0 bridgehead atoms. The van der Waals surface area contributed by atoms with Crippen LogP contribution in [0.5, 0.6) is 5.75 Å². The zero-order chi connectivity index (χ0) is 25.9. The van der Waals surface area contributed by atoms with Gasteiger partial charge in [0.05, 0.1) is 4.90 Å². The third-order valence-electron chi connectivity index (χ3n) is 6.02. The molecule has 0 unspecified atom stereocenters. The first-order valence-corrected chi connectivity index (χ1v) is 13.1. The number of fused-ring (bicyclic) bond motifs is 1. The van der Waals surface area contributed by atoms with E-state index in [1.54, 1.807) is 31.2 Å². The van der Waals surface area contributed by atoms with Crippen LogP contribution in [0, 0.1) is 13.8 Å². The maximum Gasteiger partial charge on any atom is 0.340 e. The summed E-state index contributed by atoms with van der Waals surface area (Å²) in [6.07, 6.45) is 0.634. The van der Waals surface area contributed by atoms with Gasteiger partial charge in [0, 0.05) is 23.4 Å². The number of benzene rings is 3. The van der Waals surface area contributed by atoms with E-state index in [0.717, 1.165) is 22.1 Å². The van der Waals surface area contributed by atoms with Crippen molar-refractivity contribution in [3.8, 4) is 5.75 Å². The van der Waals surface area contributed by atoms with E-state index < -0.39 is 27.7 Å². The lowest BCUT2D eigenvalue weighted by Crippen LogP contribution is -2.42. The van der Waals surface area contributed by atoms with E-state index in [4.69, 9.17) is 9.15 Å². The smallest absolute Gasteiger partial charge is 0.340 e. The predicted molar refractivity (Wildman–Crippen MR) is 138 cm³/mol. The van der Waals surface area contributed by atoms with Gasteiger partial charge in [-0.05, 0) is 55.7 Å². The molecule has 3 aromatic carbocycles. The highest BCUT2D eigenvalue weighted by Gasteiger charge is 2.26. The van der Waals surface area contributed by atoms with Crippen LogP contribution in [-0.4, -0.2) is 20.4 Å². The number of esters is 1. The van der Waals surface area contributed by atoms with Gasteiger partial charge < -0.3 is 9.15 Å². The number of hydrogen-bond donors (Lipinski definition) is 1. The van der Waals surface area contributed by atoms with E-state index in [9.17, 15) is 18.0 Å². The van der Waals surface area contributed by atoms with E-state index in [2.05, 4.69) is 4.72 Å². The standard InChI is InChI=1S/C28H27NO6S/c1-4-25(29-36(32,33)22-13-10-18(2)11-14-22)28(31)34-21-12-15-23-19(3)24(27(30)35-26(23)17-21)16-20-8-6-5-7-9-20/h5-15,17,25,29H,4,16H2,1-3H3/t25-/m0/s1. The van der Waals surface area contributed by atoms with Crippen LogP contribution in [0.3, 0.4) is 0 Å². The second kappa shape index (κ2) is 10.5. The van der Waals surface area contributed by atoms with Crippen molar-refractivity contribution in [2.75, 3.05) is 0 Å². The highest BCUT2D eigenvalue weighted by atomic mass is 32.2. The van der Waals surface area contributed by atoms with Crippen molar-refractivity contribution in [2.45, 2.75) is 44.6 Å². The first kappa shape index (κ1) is 25.3. The summed E-state index contributed by atoms with van der Waals surface area (Å²) in [6, 6.07) is 19.7. The summed E-state index contributed by atoms with van der Waals surface area (Å²) in [5.41, 5.74) is 3.11. The Kier molecular flexibility index (Phi) is 7.37. The van der Waals surface area contributed by atoms with Crippen LogP contribution in [-0.2, 0) is 21.2 Å². The number of carbonyl (C=O) groups excluding carboxylic acids is 1. The fourth-order valence-electron chi connectivity index (χ4n) is 3.90. The van der Waals surface area contributed by atoms with Crippen molar-refractivity contribution in [1.82, 2.24) is 4.72 Å². The molecule has 1 N–H and O–H groups in total. The fraction of sp³-hybridized carbons (Fsp3) is 0.214. The number of carbonyl (C=O) groups is 1. The topological polar surface area (TPSA) is 103 Å². The number of hydrogen-bond acceptors (Lipinski definition) is 6. The Morgan fingerprint density at radius 3 is 2.36 bits per heavy atom. The average molecular weight is 506 g/mol. The fourth-order valence-corrected chi connectivity index (χ4v) is 5.17. The van der Waals surface area contributed by atoms with E-state index in [1.165, 1.54) is 18.2 Å². The lowest BCUT2D eigenvalue weighted by atomic mass is 10.00. The van der Waals surface area contributed by atoms with Gasteiger partial charge in [0.15, 0.2) is 0 Å². The van der Waals surface area contributed by atoms with Crippen molar-refractivity contribution in [3.05, 3.63) is 105 Å². The summed E-state index contributed by atoms with van der Waals surface area (Å²) in [7, 11) is -3.91. The maximum absolute atomic E-state index is 12.8. The quantitative estimate of drug-likeness (QED) is 0.212. The highest BCUT2D eigenvalue weighted by Crippen LogP contribution is 2.26. The van der Waals surface area contributed by atoms with Crippen molar-refractivity contribution in [1.29, 1.82) is 0 Å². The van der Waals surface area contributed by atoms with E-state index in [1.807, 2.05) is 44.2 Å². The first-order valence-electron chi connectivity index (χ1n) is 11.6. The van der Waals surface area contributed by atoms with Crippen LogP contribution in [0.4, 0.5) is 0 Å². The van der Waals surface area contributed by atoms with Gasteiger partial charge in [0.2, 0.25) is 10.0 Å². The first-order chi connectivity index (χ1) is 17.2. The van der Waals surface area contributed by atoms with E-state index in [0.29, 0.717) is 12.0 Å². The minimum Gasteiger partial charge on any atom is -0.425 e. The van der Waals surface area contributed by atoms with Crippen molar-refractivity contribution >= 4 is 27.0 Å².